The zero-order valence-corrected chi connectivity index (χ0v) is 15.9. The summed E-state index contributed by atoms with van der Waals surface area (Å²) >= 11 is 0.920. The molecule has 0 radical (unpaired) electrons. The van der Waals surface area contributed by atoms with Gasteiger partial charge in [0.25, 0.3) is 11.1 Å². The van der Waals surface area contributed by atoms with E-state index in [1.165, 1.54) is 4.90 Å². The zero-order valence-electron chi connectivity index (χ0n) is 15.1. The lowest BCUT2D eigenvalue weighted by Gasteiger charge is -2.13. The number of para-hydroxylation sites is 1. The van der Waals surface area contributed by atoms with Crippen LogP contribution in [0.3, 0.4) is 0 Å². The molecule has 0 aliphatic carbocycles. The molecule has 0 saturated carbocycles. The summed E-state index contributed by atoms with van der Waals surface area (Å²) in [6, 6.07) is 12.6. The maximum absolute atomic E-state index is 12.8. The van der Waals surface area contributed by atoms with Gasteiger partial charge >= 0.3 is 0 Å². The quantitative estimate of drug-likeness (QED) is 0.537. The van der Waals surface area contributed by atoms with Crippen molar-refractivity contribution in [1.82, 2.24) is 0 Å². The minimum Gasteiger partial charge on any atom is -0.493 e. The van der Waals surface area contributed by atoms with Gasteiger partial charge in [0.15, 0.2) is 11.5 Å². The molecule has 0 spiro atoms. The Morgan fingerprint density at radius 1 is 1.11 bits per heavy atom. The first kappa shape index (κ1) is 18.8. The highest BCUT2D eigenvalue weighted by molar-refractivity contribution is 8.19. The van der Waals surface area contributed by atoms with Crippen molar-refractivity contribution in [3.8, 4) is 11.5 Å². The number of allylic oxidation sites excluding steroid dienone is 1. The molecular formula is C21H19NO4S. The SMILES string of the molecule is C=CCc1cc(/C=C2\SC(=O)N(c3ccccc3)C2=O)cc(OC)c1OC. The van der Waals surface area contributed by atoms with Gasteiger partial charge in [-0.05, 0) is 54.1 Å². The van der Waals surface area contributed by atoms with Gasteiger partial charge in [0.05, 0.1) is 24.8 Å². The minimum atomic E-state index is -0.337. The smallest absolute Gasteiger partial charge is 0.298 e. The fourth-order valence-electron chi connectivity index (χ4n) is 2.88. The lowest BCUT2D eigenvalue weighted by atomic mass is 10.0. The number of benzene rings is 2. The van der Waals surface area contributed by atoms with Crippen molar-refractivity contribution in [2.24, 2.45) is 0 Å². The Morgan fingerprint density at radius 2 is 1.85 bits per heavy atom. The van der Waals surface area contributed by atoms with Gasteiger partial charge in [-0.1, -0.05) is 24.3 Å². The lowest BCUT2D eigenvalue weighted by molar-refractivity contribution is -0.113. The van der Waals surface area contributed by atoms with Gasteiger partial charge in [0.1, 0.15) is 0 Å². The Morgan fingerprint density at radius 3 is 2.48 bits per heavy atom. The molecule has 1 fully saturated rings. The molecule has 5 nitrogen and oxygen atoms in total. The van der Waals surface area contributed by atoms with E-state index in [1.807, 2.05) is 12.1 Å². The molecule has 0 N–H and O–H groups in total. The van der Waals surface area contributed by atoms with Crippen LogP contribution in [-0.4, -0.2) is 25.4 Å². The van der Waals surface area contributed by atoms with E-state index >= 15 is 0 Å². The molecule has 1 saturated heterocycles. The van der Waals surface area contributed by atoms with Gasteiger partial charge in [-0.25, -0.2) is 4.90 Å². The van der Waals surface area contributed by atoms with E-state index < -0.39 is 0 Å². The lowest BCUT2D eigenvalue weighted by Crippen LogP contribution is -2.27. The van der Waals surface area contributed by atoms with E-state index in [1.54, 1.807) is 56.7 Å². The largest absolute Gasteiger partial charge is 0.493 e. The number of methoxy groups -OCH3 is 2. The Hall–Kier alpha value is -2.99. The molecule has 6 heteroatoms. The molecule has 3 rings (SSSR count). The summed E-state index contributed by atoms with van der Waals surface area (Å²) in [6.45, 7) is 3.76. The molecule has 1 aliphatic heterocycles. The maximum atomic E-state index is 12.8. The highest BCUT2D eigenvalue weighted by Gasteiger charge is 2.36. The topological polar surface area (TPSA) is 55.8 Å². The molecule has 0 bridgehead atoms. The maximum Gasteiger partial charge on any atom is 0.298 e. The van der Waals surface area contributed by atoms with E-state index in [0.717, 1.165) is 22.9 Å². The first-order chi connectivity index (χ1) is 13.1. The highest BCUT2D eigenvalue weighted by atomic mass is 32.2. The Labute approximate surface area is 162 Å². The van der Waals surface area contributed by atoms with E-state index in [-0.39, 0.29) is 11.1 Å². The van der Waals surface area contributed by atoms with Crippen LogP contribution >= 0.6 is 11.8 Å². The van der Waals surface area contributed by atoms with Crippen LogP contribution in [0.5, 0.6) is 11.5 Å². The summed E-state index contributed by atoms with van der Waals surface area (Å²) < 4.78 is 10.8. The summed E-state index contributed by atoms with van der Waals surface area (Å²) in [6.07, 6.45) is 4.06. The van der Waals surface area contributed by atoms with Crippen molar-refractivity contribution in [2.75, 3.05) is 19.1 Å². The minimum absolute atomic E-state index is 0.316. The number of carbonyl (C=O) groups excluding carboxylic acids is 2. The summed E-state index contributed by atoms with van der Waals surface area (Å²) in [5, 5.41) is -0.316. The van der Waals surface area contributed by atoms with Crippen LogP contribution in [0, 0.1) is 0 Å². The number of carbonyl (C=O) groups is 2. The van der Waals surface area contributed by atoms with Crippen molar-refractivity contribution < 1.29 is 19.1 Å². The van der Waals surface area contributed by atoms with Crippen LogP contribution in [-0.2, 0) is 11.2 Å². The van der Waals surface area contributed by atoms with Crippen LogP contribution < -0.4 is 14.4 Å². The number of amides is 2. The van der Waals surface area contributed by atoms with E-state index in [0.29, 0.717) is 28.5 Å². The molecule has 2 aromatic carbocycles. The second kappa shape index (κ2) is 8.14. The van der Waals surface area contributed by atoms with Gasteiger partial charge in [0.2, 0.25) is 0 Å². The van der Waals surface area contributed by atoms with Gasteiger partial charge < -0.3 is 9.47 Å². The second-order valence-corrected chi connectivity index (χ2v) is 6.75. The number of rotatable bonds is 6. The Balaban J connectivity index is 1.99. The van der Waals surface area contributed by atoms with Crippen molar-refractivity contribution in [3.63, 3.8) is 0 Å². The van der Waals surface area contributed by atoms with Crippen molar-refractivity contribution >= 4 is 34.7 Å². The molecular weight excluding hydrogens is 362 g/mol. The van der Waals surface area contributed by atoms with Crippen LogP contribution in [0.1, 0.15) is 11.1 Å². The molecule has 1 aliphatic rings. The van der Waals surface area contributed by atoms with Gasteiger partial charge in [0, 0.05) is 5.56 Å². The van der Waals surface area contributed by atoms with Gasteiger partial charge in [-0.3, -0.25) is 9.59 Å². The number of thioether (sulfide) groups is 1. The average Bonchev–Trinajstić information content (AvgIpc) is 2.95. The molecule has 1 heterocycles. The highest BCUT2D eigenvalue weighted by Crippen LogP contribution is 2.38. The van der Waals surface area contributed by atoms with Crippen molar-refractivity contribution in [1.29, 1.82) is 0 Å². The zero-order chi connectivity index (χ0) is 19.4. The molecule has 0 unspecified atom stereocenters. The van der Waals surface area contributed by atoms with Crippen LogP contribution in [0.2, 0.25) is 0 Å². The number of hydrogen-bond donors (Lipinski definition) is 0. The fraction of sp³-hybridized carbons (Fsp3) is 0.143. The van der Waals surface area contributed by atoms with Crippen molar-refractivity contribution in [3.05, 3.63) is 71.2 Å². The standard InChI is InChI=1S/C21H19NO4S/c1-4-8-15-11-14(12-17(25-2)19(15)26-3)13-18-20(23)22(21(24)27-18)16-9-6-5-7-10-16/h4-7,9-13H,1,8H2,2-3H3/b18-13-. The normalized spacial score (nSPS) is 15.3. The van der Waals surface area contributed by atoms with E-state index in [4.69, 9.17) is 9.47 Å². The summed E-state index contributed by atoms with van der Waals surface area (Å²) in [7, 11) is 3.14. The van der Waals surface area contributed by atoms with Crippen LogP contribution in [0.4, 0.5) is 10.5 Å². The van der Waals surface area contributed by atoms with Crippen LogP contribution in [0.25, 0.3) is 6.08 Å². The first-order valence-electron chi connectivity index (χ1n) is 8.27. The third kappa shape index (κ3) is 3.75. The summed E-state index contributed by atoms with van der Waals surface area (Å²) in [5.41, 5.74) is 2.20. The Bertz CT molecular complexity index is 921. The monoisotopic (exact) mass is 381 g/mol. The third-order valence-corrected chi connectivity index (χ3v) is 4.92. The molecule has 2 aromatic rings. The number of hydrogen-bond acceptors (Lipinski definition) is 5. The Kier molecular flexibility index (Phi) is 5.66. The van der Waals surface area contributed by atoms with Gasteiger partial charge in [-0.15, -0.1) is 6.58 Å². The third-order valence-electron chi connectivity index (χ3n) is 4.05. The average molecular weight is 381 g/mol. The molecule has 138 valence electrons. The molecule has 27 heavy (non-hydrogen) atoms. The van der Waals surface area contributed by atoms with E-state index in [2.05, 4.69) is 6.58 Å². The first-order valence-corrected chi connectivity index (χ1v) is 9.09. The van der Waals surface area contributed by atoms with E-state index in [9.17, 15) is 9.59 Å². The number of imide groups is 1. The predicted octanol–water partition coefficient (Wildman–Crippen LogP) is 4.67. The summed E-state index contributed by atoms with van der Waals surface area (Å²) in [4.78, 5) is 26.6. The second-order valence-electron chi connectivity index (χ2n) is 5.76. The van der Waals surface area contributed by atoms with Crippen LogP contribution in [0.15, 0.2) is 60.0 Å². The number of ether oxygens (including phenoxy) is 2. The van der Waals surface area contributed by atoms with Gasteiger partial charge in [-0.2, -0.15) is 0 Å². The summed E-state index contributed by atoms with van der Waals surface area (Å²) in [5.74, 6) is 0.855. The number of nitrogens with zero attached hydrogens (tertiary/aromatic N) is 1. The molecule has 2 amide bonds. The van der Waals surface area contributed by atoms with Crippen molar-refractivity contribution in [2.45, 2.75) is 6.42 Å². The molecule has 0 aromatic heterocycles. The predicted molar refractivity (Wildman–Crippen MR) is 108 cm³/mol. The molecule has 0 atom stereocenters. The number of anilines is 1. The fourth-order valence-corrected chi connectivity index (χ4v) is 3.72.